The third kappa shape index (κ3) is 48.5. The van der Waals surface area contributed by atoms with Crippen LogP contribution in [0.1, 0.15) is 329 Å². The lowest BCUT2D eigenvalue weighted by Crippen LogP contribution is -2.61. The number of ether oxygens (including phenoxy) is 5. The highest BCUT2D eigenvalue weighted by molar-refractivity contribution is 5.74. The van der Waals surface area contributed by atoms with Crippen molar-refractivity contribution in [3.05, 3.63) is 48.6 Å². The predicted molar refractivity (Wildman–Crippen MR) is 340 cm³/mol. The molecule has 83 heavy (non-hydrogen) atoms. The largest absolute Gasteiger partial charge is 0.479 e. The van der Waals surface area contributed by atoms with Crippen molar-refractivity contribution in [2.24, 2.45) is 0 Å². The maximum atomic E-state index is 13.2. The number of hydrogen-bond acceptors (Lipinski definition) is 11. The fourth-order valence-corrected chi connectivity index (χ4v) is 10.6. The number of esters is 3. The maximum absolute atomic E-state index is 13.2. The highest BCUT2D eigenvalue weighted by atomic mass is 16.7. The van der Waals surface area contributed by atoms with Crippen molar-refractivity contribution in [2.45, 2.75) is 366 Å². The molecule has 0 aliphatic carbocycles. The molecule has 3 N–H and O–H groups in total. The number of aliphatic hydroxyl groups excluding tert-OH is 2. The molecule has 1 saturated heterocycles. The zero-order chi connectivity index (χ0) is 60.3. The number of carbonyl (C=O) groups excluding carboxylic acids is 3. The van der Waals surface area contributed by atoms with E-state index in [1.165, 1.54) is 167 Å². The van der Waals surface area contributed by atoms with Crippen molar-refractivity contribution in [2.75, 3.05) is 13.2 Å². The molecule has 12 heteroatoms. The number of unbranched alkanes of at least 4 members (excludes halogenated alkanes) is 38. The van der Waals surface area contributed by atoms with E-state index in [0.29, 0.717) is 19.3 Å². The van der Waals surface area contributed by atoms with Gasteiger partial charge in [-0.15, -0.1) is 0 Å². The Morgan fingerprint density at radius 1 is 0.410 bits per heavy atom. The molecule has 0 aromatic heterocycles. The molecule has 0 aromatic carbocycles. The number of carboxylic acids is 1. The summed E-state index contributed by atoms with van der Waals surface area (Å²) < 4.78 is 28.6. The van der Waals surface area contributed by atoms with Gasteiger partial charge in [-0.05, 0) is 77.0 Å². The summed E-state index contributed by atoms with van der Waals surface area (Å²) in [7, 11) is 0. The molecule has 0 amide bonds. The van der Waals surface area contributed by atoms with Gasteiger partial charge >= 0.3 is 23.9 Å². The summed E-state index contributed by atoms with van der Waals surface area (Å²) in [5.74, 6) is -3.10. The molecule has 482 valence electrons. The summed E-state index contributed by atoms with van der Waals surface area (Å²) in [4.78, 5) is 51.4. The van der Waals surface area contributed by atoms with Gasteiger partial charge in [-0.3, -0.25) is 14.4 Å². The molecule has 0 aromatic rings. The highest BCUT2D eigenvalue weighted by Gasteiger charge is 2.50. The van der Waals surface area contributed by atoms with Crippen molar-refractivity contribution >= 4 is 23.9 Å². The van der Waals surface area contributed by atoms with Gasteiger partial charge in [0.15, 0.2) is 24.6 Å². The Balaban J connectivity index is 2.63. The number of carbonyl (C=O) groups is 4. The molecule has 1 rings (SSSR count). The Bertz CT molecular complexity index is 1630. The van der Waals surface area contributed by atoms with Crippen LogP contribution < -0.4 is 0 Å². The second-order valence-electron chi connectivity index (χ2n) is 23.8. The molecule has 6 atom stereocenters. The Labute approximate surface area is 507 Å². The van der Waals surface area contributed by atoms with Crippen molar-refractivity contribution in [1.82, 2.24) is 0 Å². The summed E-state index contributed by atoms with van der Waals surface area (Å²) >= 11 is 0. The minimum Gasteiger partial charge on any atom is -0.479 e. The first-order chi connectivity index (χ1) is 40.6. The lowest BCUT2D eigenvalue weighted by molar-refractivity contribution is -0.301. The van der Waals surface area contributed by atoms with Crippen molar-refractivity contribution < 1.29 is 58.2 Å². The third-order valence-electron chi connectivity index (χ3n) is 15.9. The molecule has 1 fully saturated rings. The van der Waals surface area contributed by atoms with Crippen molar-refractivity contribution in [3.63, 3.8) is 0 Å². The summed E-state index contributed by atoms with van der Waals surface area (Å²) in [6.45, 7) is 5.93. The second-order valence-corrected chi connectivity index (χ2v) is 23.8. The lowest BCUT2D eigenvalue weighted by atomic mass is 9.98. The molecule has 1 aliphatic heterocycles. The van der Waals surface area contributed by atoms with Gasteiger partial charge in [0.1, 0.15) is 18.8 Å². The molecular weight excluding hydrogens is 1040 g/mol. The Hall–Kier alpha value is -3.32. The summed E-state index contributed by atoms with van der Waals surface area (Å²) in [5.41, 5.74) is 0. The van der Waals surface area contributed by atoms with Crippen molar-refractivity contribution in [1.29, 1.82) is 0 Å². The van der Waals surface area contributed by atoms with Gasteiger partial charge in [0.05, 0.1) is 6.61 Å². The first-order valence-electron chi connectivity index (χ1n) is 34.6. The van der Waals surface area contributed by atoms with E-state index in [2.05, 4.69) is 69.4 Å². The van der Waals surface area contributed by atoms with E-state index < -0.39 is 67.3 Å². The van der Waals surface area contributed by atoms with Crippen LogP contribution in [-0.4, -0.2) is 89.2 Å². The minimum atomic E-state index is -1.90. The van der Waals surface area contributed by atoms with Crippen molar-refractivity contribution in [3.8, 4) is 0 Å². The number of rotatable bonds is 60. The van der Waals surface area contributed by atoms with Crippen LogP contribution in [0.5, 0.6) is 0 Å². The van der Waals surface area contributed by atoms with Gasteiger partial charge < -0.3 is 39.0 Å². The number of hydrogen-bond donors (Lipinski definition) is 3. The average molecular weight is 1170 g/mol. The first kappa shape index (κ1) is 77.7. The first-order valence-corrected chi connectivity index (χ1v) is 34.6. The molecule has 1 heterocycles. The fraction of sp³-hybridized carbons (Fsp3) is 0.831. The second kappa shape index (κ2) is 59.0. The molecule has 6 unspecified atom stereocenters. The number of aliphatic hydroxyl groups is 2. The van der Waals surface area contributed by atoms with Gasteiger partial charge in [-0.2, -0.15) is 0 Å². The van der Waals surface area contributed by atoms with E-state index in [1.807, 2.05) is 0 Å². The molecule has 1 aliphatic rings. The number of carboxylic acid groups (broad SMARTS) is 1. The molecule has 0 saturated carbocycles. The summed E-state index contributed by atoms with van der Waals surface area (Å²) in [6, 6.07) is 0. The fourth-order valence-electron chi connectivity index (χ4n) is 10.6. The van der Waals surface area contributed by atoms with Gasteiger partial charge in [-0.25, -0.2) is 4.79 Å². The zero-order valence-electron chi connectivity index (χ0n) is 53.5. The number of allylic oxidation sites excluding steroid dienone is 8. The van der Waals surface area contributed by atoms with Gasteiger partial charge in [0, 0.05) is 19.3 Å². The van der Waals surface area contributed by atoms with E-state index in [0.717, 1.165) is 103 Å². The molecule has 0 radical (unpaired) electrons. The van der Waals surface area contributed by atoms with Crippen LogP contribution in [0, 0.1) is 0 Å². The molecule has 12 nitrogen and oxygen atoms in total. The Morgan fingerprint density at radius 2 is 0.759 bits per heavy atom. The van der Waals surface area contributed by atoms with Crippen LogP contribution in [0.2, 0.25) is 0 Å². The summed E-state index contributed by atoms with van der Waals surface area (Å²) in [6.07, 6.45) is 60.6. The lowest BCUT2D eigenvalue weighted by Gasteiger charge is -2.40. The standard InChI is InChI=1S/C71H126O12/c1-4-7-10-13-16-19-22-25-28-31-32-35-38-41-44-47-50-53-56-59-65(74)82-69-67(76)66(75)68(70(77)78)83-71(69)80-61-62(81-64(73)58-55-52-49-46-43-40-37-34-30-27-24-21-18-15-12-9-6-3)60-79-63(72)57-54-51-48-45-42-39-36-33-29-26-23-20-17-14-11-8-5-2/h8,11,17,20,26-27,29-30,62,66-69,71,75-76H,4-7,9-10,12-16,18-19,21-25,28,31-61H2,1-3H3,(H,77,78)/b11-8-,20-17-,29-26-,30-27-. The zero-order valence-corrected chi connectivity index (χ0v) is 53.5. The van der Waals surface area contributed by atoms with Gasteiger partial charge in [0.2, 0.25) is 0 Å². The Kier molecular flexibility index (Phi) is 55.3. The molecular formula is C71H126O12. The third-order valence-corrected chi connectivity index (χ3v) is 15.9. The van der Waals surface area contributed by atoms with Crippen LogP contribution in [-0.2, 0) is 42.9 Å². The van der Waals surface area contributed by atoms with Crippen LogP contribution in [0.15, 0.2) is 48.6 Å². The highest BCUT2D eigenvalue weighted by Crippen LogP contribution is 2.27. The maximum Gasteiger partial charge on any atom is 0.335 e. The minimum absolute atomic E-state index is 0.0642. The SMILES string of the molecule is CC/C=C\C/C=C\C/C=C\CCCCCCCCCC(=O)OCC(COC1OC(C(=O)O)C(O)C(O)C1OC(=O)CCCCCCCCCCCCCCCCCCCCC)OC(=O)CCCCCCCCC/C=C\CCCCCCCC. The predicted octanol–water partition coefficient (Wildman–Crippen LogP) is 18.9. The Morgan fingerprint density at radius 3 is 1.17 bits per heavy atom. The van der Waals surface area contributed by atoms with E-state index in [1.54, 1.807) is 0 Å². The van der Waals surface area contributed by atoms with Gasteiger partial charge in [0.25, 0.3) is 0 Å². The molecule has 0 spiro atoms. The van der Waals surface area contributed by atoms with E-state index >= 15 is 0 Å². The van der Waals surface area contributed by atoms with Crippen LogP contribution in [0.25, 0.3) is 0 Å². The van der Waals surface area contributed by atoms with E-state index in [-0.39, 0.29) is 25.9 Å². The summed E-state index contributed by atoms with van der Waals surface area (Å²) in [5, 5.41) is 31.7. The quantitative estimate of drug-likeness (QED) is 0.0228. The smallest absolute Gasteiger partial charge is 0.335 e. The topological polar surface area (TPSA) is 175 Å². The van der Waals surface area contributed by atoms with Crippen LogP contribution in [0.4, 0.5) is 0 Å². The van der Waals surface area contributed by atoms with E-state index in [9.17, 15) is 34.5 Å². The normalized spacial score (nSPS) is 17.8. The van der Waals surface area contributed by atoms with E-state index in [4.69, 9.17) is 23.7 Å². The monoisotopic (exact) mass is 1170 g/mol. The number of aliphatic carboxylic acids is 1. The van der Waals surface area contributed by atoms with Gasteiger partial charge in [-0.1, -0.05) is 281 Å². The van der Waals surface area contributed by atoms with Crippen LogP contribution in [0.3, 0.4) is 0 Å². The van der Waals surface area contributed by atoms with Crippen LogP contribution >= 0.6 is 0 Å². The average Bonchev–Trinajstić information content (AvgIpc) is 3.58. The molecule has 0 bridgehead atoms.